The number of nitrogens with one attached hydrogen (secondary N) is 1. The lowest BCUT2D eigenvalue weighted by Crippen LogP contribution is -2.04. The maximum absolute atomic E-state index is 10.6. The Morgan fingerprint density at radius 1 is 1.56 bits per heavy atom. The van der Waals surface area contributed by atoms with Crippen LogP contribution < -0.4 is 11.1 Å². The zero-order valence-corrected chi connectivity index (χ0v) is 9.58. The number of pyridine rings is 1. The standard InChI is InChI=1S/C10H11N5O3/c1-6-4-13-10(18-6)5-12-9-3-7(15(16)17)2-8(11)14-9/h2-4H,5H2,1H3,(H3,11,12,14). The van der Waals surface area contributed by atoms with Gasteiger partial charge in [0.25, 0.3) is 5.69 Å². The molecule has 2 aromatic rings. The summed E-state index contributed by atoms with van der Waals surface area (Å²) in [6, 6.07) is 2.49. The highest BCUT2D eigenvalue weighted by molar-refractivity contribution is 5.52. The van der Waals surface area contributed by atoms with Crippen molar-refractivity contribution >= 4 is 17.3 Å². The van der Waals surface area contributed by atoms with Crippen molar-refractivity contribution in [3.05, 3.63) is 40.1 Å². The third kappa shape index (κ3) is 2.73. The summed E-state index contributed by atoms with van der Waals surface area (Å²) < 4.78 is 5.25. The van der Waals surface area contributed by atoms with Crippen molar-refractivity contribution in [2.75, 3.05) is 11.1 Å². The lowest BCUT2D eigenvalue weighted by Gasteiger charge is -2.03. The van der Waals surface area contributed by atoms with Crippen LogP contribution in [0.5, 0.6) is 0 Å². The molecule has 0 unspecified atom stereocenters. The van der Waals surface area contributed by atoms with Gasteiger partial charge in [0.15, 0.2) is 0 Å². The van der Waals surface area contributed by atoms with E-state index in [1.54, 1.807) is 13.1 Å². The Kier molecular flexibility index (Phi) is 3.09. The maximum atomic E-state index is 10.6. The van der Waals surface area contributed by atoms with E-state index in [-0.39, 0.29) is 18.1 Å². The predicted molar refractivity (Wildman–Crippen MR) is 63.9 cm³/mol. The molecule has 0 bridgehead atoms. The van der Waals surface area contributed by atoms with Gasteiger partial charge in [0, 0.05) is 0 Å². The first-order chi connectivity index (χ1) is 8.54. The molecular weight excluding hydrogens is 238 g/mol. The van der Waals surface area contributed by atoms with Crippen LogP contribution in [0.25, 0.3) is 0 Å². The van der Waals surface area contributed by atoms with Gasteiger partial charge < -0.3 is 15.5 Å². The first-order valence-corrected chi connectivity index (χ1v) is 5.12. The molecule has 0 spiro atoms. The van der Waals surface area contributed by atoms with E-state index in [1.807, 2.05) is 0 Å². The smallest absolute Gasteiger partial charge is 0.276 e. The molecule has 0 atom stereocenters. The van der Waals surface area contributed by atoms with E-state index >= 15 is 0 Å². The molecule has 0 saturated heterocycles. The van der Waals surface area contributed by atoms with E-state index < -0.39 is 4.92 Å². The van der Waals surface area contributed by atoms with Gasteiger partial charge in [-0.1, -0.05) is 0 Å². The lowest BCUT2D eigenvalue weighted by atomic mass is 10.3. The van der Waals surface area contributed by atoms with E-state index in [2.05, 4.69) is 15.3 Å². The number of aryl methyl sites for hydroxylation is 1. The Hall–Kier alpha value is -2.64. The molecule has 0 aromatic carbocycles. The maximum Gasteiger partial charge on any atom is 0.276 e. The molecule has 8 nitrogen and oxygen atoms in total. The molecule has 0 saturated carbocycles. The van der Waals surface area contributed by atoms with Crippen molar-refractivity contribution in [3.8, 4) is 0 Å². The van der Waals surface area contributed by atoms with Gasteiger partial charge in [-0.25, -0.2) is 9.97 Å². The third-order valence-corrected chi connectivity index (χ3v) is 2.13. The number of hydrogen-bond acceptors (Lipinski definition) is 7. The molecular formula is C10H11N5O3. The number of nitrogen functional groups attached to an aromatic ring is 1. The van der Waals surface area contributed by atoms with Gasteiger partial charge >= 0.3 is 0 Å². The lowest BCUT2D eigenvalue weighted by molar-refractivity contribution is -0.384. The van der Waals surface area contributed by atoms with Crippen LogP contribution in [0.3, 0.4) is 0 Å². The van der Waals surface area contributed by atoms with Crippen LogP contribution in [0.15, 0.2) is 22.7 Å². The minimum absolute atomic E-state index is 0.0790. The molecule has 0 aliphatic carbocycles. The third-order valence-electron chi connectivity index (χ3n) is 2.13. The Morgan fingerprint density at radius 3 is 2.94 bits per heavy atom. The van der Waals surface area contributed by atoms with Gasteiger partial charge in [-0.3, -0.25) is 10.1 Å². The fourth-order valence-electron chi connectivity index (χ4n) is 1.38. The molecule has 0 aliphatic heterocycles. The molecule has 94 valence electrons. The van der Waals surface area contributed by atoms with Gasteiger partial charge in [-0.2, -0.15) is 0 Å². The second-order valence-corrected chi connectivity index (χ2v) is 3.61. The summed E-state index contributed by atoms with van der Waals surface area (Å²) in [5.41, 5.74) is 5.36. The summed E-state index contributed by atoms with van der Waals surface area (Å²) in [6.45, 7) is 2.06. The van der Waals surface area contributed by atoms with E-state index in [0.29, 0.717) is 17.5 Å². The van der Waals surface area contributed by atoms with Gasteiger partial charge in [-0.05, 0) is 6.92 Å². The molecule has 18 heavy (non-hydrogen) atoms. The number of nitrogens with zero attached hydrogens (tertiary/aromatic N) is 3. The molecule has 0 radical (unpaired) electrons. The quantitative estimate of drug-likeness (QED) is 0.621. The van der Waals surface area contributed by atoms with Crippen LogP contribution in [-0.2, 0) is 6.54 Å². The number of hydrogen-bond donors (Lipinski definition) is 2. The van der Waals surface area contributed by atoms with E-state index in [1.165, 1.54) is 12.1 Å². The number of nitrogens with two attached hydrogens (primary N) is 1. The molecule has 0 aliphatic rings. The highest BCUT2D eigenvalue weighted by Gasteiger charge is 2.10. The minimum Gasteiger partial charge on any atom is -0.444 e. The Bertz CT molecular complexity index is 581. The zero-order valence-electron chi connectivity index (χ0n) is 9.58. The SMILES string of the molecule is Cc1cnc(CNc2cc([N+](=O)[O-])cc(N)n2)o1. The van der Waals surface area contributed by atoms with Crippen molar-refractivity contribution in [1.29, 1.82) is 0 Å². The summed E-state index contributed by atoms with van der Waals surface area (Å²) in [5.74, 6) is 1.55. The largest absolute Gasteiger partial charge is 0.444 e. The molecule has 8 heteroatoms. The fraction of sp³-hybridized carbons (Fsp3) is 0.200. The van der Waals surface area contributed by atoms with E-state index in [0.717, 1.165) is 0 Å². The summed E-state index contributed by atoms with van der Waals surface area (Å²) in [7, 11) is 0. The second-order valence-electron chi connectivity index (χ2n) is 3.61. The first-order valence-electron chi connectivity index (χ1n) is 5.12. The van der Waals surface area contributed by atoms with E-state index in [4.69, 9.17) is 10.2 Å². The van der Waals surface area contributed by atoms with Crippen molar-refractivity contribution in [2.24, 2.45) is 0 Å². The molecule has 2 rings (SSSR count). The fourth-order valence-corrected chi connectivity index (χ4v) is 1.38. The van der Waals surface area contributed by atoms with E-state index in [9.17, 15) is 10.1 Å². The minimum atomic E-state index is -0.529. The van der Waals surface area contributed by atoms with Crippen LogP contribution in [0.1, 0.15) is 11.7 Å². The monoisotopic (exact) mass is 249 g/mol. The Balaban J connectivity index is 2.11. The number of rotatable bonds is 4. The number of aromatic nitrogens is 2. The predicted octanol–water partition coefficient (Wildman–Crippen LogP) is 1.48. The normalized spacial score (nSPS) is 10.3. The first kappa shape index (κ1) is 11.8. The Labute approximate surface area is 102 Å². The number of oxazole rings is 1. The average molecular weight is 249 g/mol. The van der Waals surface area contributed by atoms with Crippen molar-refractivity contribution in [1.82, 2.24) is 9.97 Å². The van der Waals surface area contributed by atoms with Gasteiger partial charge in [0.2, 0.25) is 5.89 Å². The zero-order chi connectivity index (χ0) is 13.1. The molecule has 2 heterocycles. The van der Waals surface area contributed by atoms with Crippen molar-refractivity contribution in [2.45, 2.75) is 13.5 Å². The summed E-state index contributed by atoms with van der Waals surface area (Å²) in [5, 5.41) is 13.5. The number of nitro groups is 1. The highest BCUT2D eigenvalue weighted by atomic mass is 16.6. The second kappa shape index (κ2) is 4.70. The average Bonchev–Trinajstić information content (AvgIpc) is 2.72. The van der Waals surface area contributed by atoms with Gasteiger partial charge in [0.1, 0.15) is 17.4 Å². The van der Waals surface area contributed by atoms with Crippen LogP contribution in [0.2, 0.25) is 0 Å². The summed E-state index contributed by atoms with van der Waals surface area (Å²) >= 11 is 0. The molecule has 0 fully saturated rings. The van der Waals surface area contributed by atoms with Crippen LogP contribution in [0, 0.1) is 17.0 Å². The van der Waals surface area contributed by atoms with Crippen molar-refractivity contribution < 1.29 is 9.34 Å². The summed E-state index contributed by atoms with van der Waals surface area (Å²) in [6.07, 6.45) is 1.59. The number of anilines is 2. The molecule has 3 N–H and O–H groups in total. The van der Waals surface area contributed by atoms with Gasteiger partial charge in [0.05, 0.1) is 29.8 Å². The van der Waals surface area contributed by atoms with Crippen LogP contribution >= 0.6 is 0 Å². The van der Waals surface area contributed by atoms with Crippen molar-refractivity contribution in [3.63, 3.8) is 0 Å². The molecule has 0 amide bonds. The molecule has 2 aromatic heterocycles. The van der Waals surface area contributed by atoms with Crippen LogP contribution in [0.4, 0.5) is 17.3 Å². The highest BCUT2D eigenvalue weighted by Crippen LogP contribution is 2.19. The van der Waals surface area contributed by atoms with Gasteiger partial charge in [-0.15, -0.1) is 0 Å². The summed E-state index contributed by atoms with van der Waals surface area (Å²) in [4.78, 5) is 18.0. The Morgan fingerprint density at radius 2 is 2.33 bits per heavy atom. The topological polar surface area (TPSA) is 120 Å². The van der Waals surface area contributed by atoms with Crippen LogP contribution in [-0.4, -0.2) is 14.9 Å².